The van der Waals surface area contributed by atoms with E-state index in [2.05, 4.69) is 28.6 Å². The van der Waals surface area contributed by atoms with Gasteiger partial charge in [0.2, 0.25) is 5.91 Å². The van der Waals surface area contributed by atoms with Crippen molar-refractivity contribution in [2.45, 2.75) is 26.9 Å². The molecule has 0 radical (unpaired) electrons. The summed E-state index contributed by atoms with van der Waals surface area (Å²) < 4.78 is 5.94. The number of fused-ring (bicyclic) bond motifs is 1. The SMILES string of the molecule is CCNC(=NCc1cccc(C(N)=O)c1)NCc1oc2ccccc2c1C. The Morgan fingerprint density at radius 3 is 2.70 bits per heavy atom. The van der Waals surface area contributed by atoms with E-state index in [0.29, 0.717) is 24.6 Å². The number of hydrogen-bond acceptors (Lipinski definition) is 3. The maximum Gasteiger partial charge on any atom is 0.248 e. The molecule has 2 aromatic carbocycles. The molecule has 0 saturated carbocycles. The van der Waals surface area contributed by atoms with Crippen LogP contribution in [-0.2, 0) is 13.1 Å². The van der Waals surface area contributed by atoms with Crippen LogP contribution in [0.1, 0.15) is 34.2 Å². The lowest BCUT2D eigenvalue weighted by molar-refractivity contribution is 0.1000. The lowest BCUT2D eigenvalue weighted by Gasteiger charge is -2.11. The standard InChI is InChI=1S/C21H24N4O2/c1-3-23-21(24-12-15-7-6-8-16(11-15)20(22)26)25-13-19-14(2)17-9-4-5-10-18(17)27-19/h4-11H,3,12-13H2,1-2H3,(H2,22,26)(H2,23,24,25). The summed E-state index contributed by atoms with van der Waals surface area (Å²) in [5.41, 5.74) is 8.75. The van der Waals surface area contributed by atoms with Gasteiger partial charge in [-0.05, 0) is 37.6 Å². The lowest BCUT2D eigenvalue weighted by Crippen LogP contribution is -2.36. The number of primary amides is 1. The van der Waals surface area contributed by atoms with E-state index in [-0.39, 0.29) is 0 Å². The van der Waals surface area contributed by atoms with Gasteiger partial charge in [-0.1, -0.05) is 30.3 Å². The van der Waals surface area contributed by atoms with Crippen LogP contribution in [-0.4, -0.2) is 18.4 Å². The molecule has 0 aliphatic heterocycles. The Balaban J connectivity index is 1.71. The predicted molar refractivity (Wildman–Crippen MR) is 108 cm³/mol. The highest BCUT2D eigenvalue weighted by atomic mass is 16.3. The minimum Gasteiger partial charge on any atom is -0.459 e. The lowest BCUT2D eigenvalue weighted by atomic mass is 10.1. The molecule has 0 bridgehead atoms. The Morgan fingerprint density at radius 1 is 1.15 bits per heavy atom. The number of nitrogens with zero attached hydrogens (tertiary/aromatic N) is 1. The molecule has 4 N–H and O–H groups in total. The normalized spacial score (nSPS) is 11.6. The Bertz CT molecular complexity index is 975. The zero-order chi connectivity index (χ0) is 19.2. The number of para-hydroxylation sites is 1. The molecule has 0 fully saturated rings. The van der Waals surface area contributed by atoms with Crippen molar-refractivity contribution >= 4 is 22.8 Å². The average molecular weight is 364 g/mol. The number of furan rings is 1. The molecule has 140 valence electrons. The number of benzene rings is 2. The molecule has 0 saturated heterocycles. The quantitative estimate of drug-likeness (QED) is 0.463. The largest absolute Gasteiger partial charge is 0.459 e. The first kappa shape index (κ1) is 18.5. The number of amides is 1. The molecule has 3 aromatic rings. The summed E-state index contributed by atoms with van der Waals surface area (Å²) in [4.78, 5) is 15.9. The summed E-state index contributed by atoms with van der Waals surface area (Å²) in [5.74, 6) is 1.13. The van der Waals surface area contributed by atoms with Crippen LogP contribution in [0, 0.1) is 6.92 Å². The predicted octanol–water partition coefficient (Wildman–Crippen LogP) is 3.10. The topological polar surface area (TPSA) is 92.6 Å². The van der Waals surface area contributed by atoms with Crippen molar-refractivity contribution in [1.82, 2.24) is 10.6 Å². The van der Waals surface area contributed by atoms with E-state index in [9.17, 15) is 4.79 Å². The van der Waals surface area contributed by atoms with Gasteiger partial charge < -0.3 is 20.8 Å². The van der Waals surface area contributed by atoms with Crippen LogP contribution in [0.15, 0.2) is 57.9 Å². The first-order valence-electron chi connectivity index (χ1n) is 8.96. The van der Waals surface area contributed by atoms with Crippen LogP contribution in [0.4, 0.5) is 0 Å². The Hall–Kier alpha value is -3.28. The van der Waals surface area contributed by atoms with Crippen LogP contribution >= 0.6 is 0 Å². The third kappa shape index (κ3) is 4.47. The molecular formula is C21H24N4O2. The highest BCUT2D eigenvalue weighted by Gasteiger charge is 2.10. The van der Waals surface area contributed by atoms with E-state index in [0.717, 1.165) is 34.4 Å². The number of aryl methyl sites for hydroxylation is 1. The minimum atomic E-state index is -0.439. The molecule has 1 amide bonds. The van der Waals surface area contributed by atoms with E-state index >= 15 is 0 Å². The molecule has 6 nitrogen and oxygen atoms in total. The first-order valence-corrected chi connectivity index (χ1v) is 8.96. The fourth-order valence-corrected chi connectivity index (χ4v) is 2.89. The maximum atomic E-state index is 11.3. The highest BCUT2D eigenvalue weighted by molar-refractivity contribution is 5.92. The molecule has 0 aliphatic carbocycles. The molecular weight excluding hydrogens is 340 g/mol. The van der Waals surface area contributed by atoms with Gasteiger partial charge in [0.1, 0.15) is 11.3 Å². The fraction of sp³-hybridized carbons (Fsp3) is 0.238. The number of carbonyl (C=O) groups is 1. The van der Waals surface area contributed by atoms with Crippen molar-refractivity contribution in [3.63, 3.8) is 0 Å². The average Bonchev–Trinajstić information content (AvgIpc) is 3.00. The number of aliphatic imine (C=N–C) groups is 1. The zero-order valence-corrected chi connectivity index (χ0v) is 15.6. The van der Waals surface area contributed by atoms with Gasteiger partial charge >= 0.3 is 0 Å². The third-order valence-corrected chi connectivity index (χ3v) is 4.33. The van der Waals surface area contributed by atoms with Gasteiger partial charge in [-0.2, -0.15) is 0 Å². The second-order valence-corrected chi connectivity index (χ2v) is 6.26. The van der Waals surface area contributed by atoms with Crippen molar-refractivity contribution in [3.05, 3.63) is 71.0 Å². The minimum absolute atomic E-state index is 0.439. The molecule has 3 rings (SSSR count). The number of carbonyl (C=O) groups excluding carboxylic acids is 1. The summed E-state index contributed by atoms with van der Waals surface area (Å²) in [6, 6.07) is 15.2. The van der Waals surface area contributed by atoms with Crippen LogP contribution < -0.4 is 16.4 Å². The van der Waals surface area contributed by atoms with Gasteiger partial charge in [0.15, 0.2) is 5.96 Å². The maximum absolute atomic E-state index is 11.3. The van der Waals surface area contributed by atoms with Crippen LogP contribution in [0.2, 0.25) is 0 Å². The van der Waals surface area contributed by atoms with Gasteiger partial charge in [-0.15, -0.1) is 0 Å². The summed E-state index contributed by atoms with van der Waals surface area (Å²) in [5, 5.41) is 7.64. The van der Waals surface area contributed by atoms with Crippen molar-refractivity contribution < 1.29 is 9.21 Å². The van der Waals surface area contributed by atoms with Gasteiger partial charge in [0, 0.05) is 23.1 Å². The number of hydrogen-bond donors (Lipinski definition) is 3. The Kier molecular flexibility index (Phi) is 5.76. The first-order chi connectivity index (χ1) is 13.1. The van der Waals surface area contributed by atoms with Crippen molar-refractivity contribution in [2.75, 3.05) is 6.54 Å². The third-order valence-electron chi connectivity index (χ3n) is 4.33. The Labute approximate surface area is 158 Å². The highest BCUT2D eigenvalue weighted by Crippen LogP contribution is 2.24. The number of nitrogens with one attached hydrogen (secondary N) is 2. The summed E-state index contributed by atoms with van der Waals surface area (Å²) in [7, 11) is 0. The van der Waals surface area contributed by atoms with Crippen LogP contribution in [0.5, 0.6) is 0 Å². The second-order valence-electron chi connectivity index (χ2n) is 6.26. The van der Waals surface area contributed by atoms with E-state index < -0.39 is 5.91 Å². The molecule has 0 unspecified atom stereocenters. The fourth-order valence-electron chi connectivity index (χ4n) is 2.89. The molecule has 1 heterocycles. The van der Waals surface area contributed by atoms with E-state index in [1.54, 1.807) is 12.1 Å². The second kappa shape index (κ2) is 8.40. The van der Waals surface area contributed by atoms with E-state index in [1.165, 1.54) is 0 Å². The Morgan fingerprint density at radius 2 is 1.96 bits per heavy atom. The number of nitrogens with two attached hydrogens (primary N) is 1. The molecule has 27 heavy (non-hydrogen) atoms. The van der Waals surface area contributed by atoms with Crippen LogP contribution in [0.3, 0.4) is 0 Å². The van der Waals surface area contributed by atoms with E-state index in [1.807, 2.05) is 37.3 Å². The van der Waals surface area contributed by atoms with Gasteiger partial charge in [-0.3, -0.25) is 4.79 Å². The van der Waals surface area contributed by atoms with E-state index in [4.69, 9.17) is 10.2 Å². The summed E-state index contributed by atoms with van der Waals surface area (Å²) >= 11 is 0. The van der Waals surface area contributed by atoms with Gasteiger partial charge in [0.25, 0.3) is 0 Å². The van der Waals surface area contributed by atoms with Crippen molar-refractivity contribution in [1.29, 1.82) is 0 Å². The summed E-state index contributed by atoms with van der Waals surface area (Å²) in [6.07, 6.45) is 0. The molecule has 0 atom stereocenters. The van der Waals surface area contributed by atoms with Gasteiger partial charge in [-0.25, -0.2) is 4.99 Å². The molecule has 1 aromatic heterocycles. The smallest absolute Gasteiger partial charge is 0.248 e. The zero-order valence-electron chi connectivity index (χ0n) is 15.6. The van der Waals surface area contributed by atoms with Crippen LogP contribution in [0.25, 0.3) is 11.0 Å². The van der Waals surface area contributed by atoms with Gasteiger partial charge in [0.05, 0.1) is 13.1 Å². The number of guanidine groups is 1. The molecule has 0 aliphatic rings. The molecule has 6 heteroatoms. The molecule has 0 spiro atoms. The number of rotatable bonds is 6. The monoisotopic (exact) mass is 364 g/mol. The van der Waals surface area contributed by atoms with Crippen molar-refractivity contribution in [3.8, 4) is 0 Å². The van der Waals surface area contributed by atoms with Crippen molar-refractivity contribution in [2.24, 2.45) is 10.7 Å². The summed E-state index contributed by atoms with van der Waals surface area (Å²) in [6.45, 7) is 5.79.